The van der Waals surface area contributed by atoms with Crippen LogP contribution in [0.1, 0.15) is 27.4 Å². The Morgan fingerprint density at radius 2 is 2.00 bits per heavy atom. The molecule has 2 aromatic heterocycles. The van der Waals surface area contributed by atoms with Crippen LogP contribution in [0.3, 0.4) is 0 Å². The van der Waals surface area contributed by atoms with E-state index in [0.29, 0.717) is 23.0 Å². The largest absolute Gasteiger partial charge is 0.348 e. The van der Waals surface area contributed by atoms with Gasteiger partial charge in [0, 0.05) is 36.3 Å². The molecule has 2 N–H and O–H groups in total. The van der Waals surface area contributed by atoms with Crippen LogP contribution in [-0.4, -0.2) is 26.5 Å². The zero-order valence-electron chi connectivity index (χ0n) is 16.4. The molecule has 1 saturated carbocycles. The van der Waals surface area contributed by atoms with Gasteiger partial charge in [-0.1, -0.05) is 36.4 Å². The van der Waals surface area contributed by atoms with Crippen LogP contribution in [0.5, 0.6) is 0 Å². The van der Waals surface area contributed by atoms with Gasteiger partial charge in [-0.3, -0.25) is 14.3 Å². The third-order valence-corrected chi connectivity index (χ3v) is 6.55. The number of nitrogens with zero attached hydrogens (tertiary/aromatic N) is 2. The molecule has 2 heterocycles. The van der Waals surface area contributed by atoms with Crippen LogP contribution in [0.25, 0.3) is 22.3 Å². The van der Waals surface area contributed by atoms with Crippen LogP contribution >= 0.6 is 0 Å². The number of fused-ring (bicyclic) bond motifs is 4. The quantitative estimate of drug-likeness (QED) is 0.559. The average molecular weight is 396 g/mol. The third kappa shape index (κ3) is 2.53. The molecule has 3 atom stereocenters. The molecule has 148 valence electrons. The second-order valence-electron chi connectivity index (χ2n) is 8.25. The molecule has 2 aliphatic rings. The van der Waals surface area contributed by atoms with Gasteiger partial charge in [0.25, 0.3) is 5.91 Å². The summed E-state index contributed by atoms with van der Waals surface area (Å²) < 4.78 is 1.53. The summed E-state index contributed by atoms with van der Waals surface area (Å²) in [6.45, 7) is 0. The Kier molecular flexibility index (Phi) is 3.53. The highest BCUT2D eigenvalue weighted by molar-refractivity contribution is 5.96. The zero-order chi connectivity index (χ0) is 20.4. The van der Waals surface area contributed by atoms with E-state index in [9.17, 15) is 9.59 Å². The number of rotatable bonds is 3. The lowest BCUT2D eigenvalue weighted by molar-refractivity contribution is 0.0948. The zero-order valence-corrected chi connectivity index (χ0v) is 16.4. The standard InChI is InChI=1S/C24H20N4O2/c1-28-19-11-16(12-25-22(19)27-24(28)30)13-6-4-7-15(9-13)23(29)26-21-18-10-14-5-2-3-8-17(14)20(18)21/h2-9,11-12,18,20-21H,10H2,1H3,(H,26,29)(H,25,27,30)/t18-,20+,21+/m0/s1. The van der Waals surface area contributed by atoms with Crippen LogP contribution in [0.2, 0.25) is 0 Å². The summed E-state index contributed by atoms with van der Waals surface area (Å²) in [7, 11) is 1.71. The van der Waals surface area contributed by atoms with Crippen LogP contribution in [0.4, 0.5) is 0 Å². The van der Waals surface area contributed by atoms with E-state index in [1.165, 1.54) is 15.7 Å². The summed E-state index contributed by atoms with van der Waals surface area (Å²) in [4.78, 5) is 31.8. The molecule has 1 fully saturated rings. The van der Waals surface area contributed by atoms with Gasteiger partial charge in [-0.15, -0.1) is 0 Å². The molecule has 0 radical (unpaired) electrons. The summed E-state index contributed by atoms with van der Waals surface area (Å²) in [5.74, 6) is 0.933. The number of aromatic amines is 1. The van der Waals surface area contributed by atoms with Crippen molar-refractivity contribution in [1.82, 2.24) is 19.9 Å². The fourth-order valence-electron chi connectivity index (χ4n) is 4.88. The van der Waals surface area contributed by atoms with E-state index < -0.39 is 0 Å². The van der Waals surface area contributed by atoms with Crippen LogP contribution in [0.15, 0.2) is 65.6 Å². The number of aromatic nitrogens is 3. The lowest BCUT2D eigenvalue weighted by atomic mass is 10.0. The van der Waals surface area contributed by atoms with Gasteiger partial charge in [0.2, 0.25) is 0 Å². The molecule has 0 bridgehead atoms. The molecule has 6 nitrogen and oxygen atoms in total. The maximum atomic E-state index is 12.9. The number of carbonyl (C=O) groups is 1. The summed E-state index contributed by atoms with van der Waals surface area (Å²) in [6, 6.07) is 18.2. The Balaban J connectivity index is 1.25. The van der Waals surface area contributed by atoms with Crippen molar-refractivity contribution in [1.29, 1.82) is 0 Å². The molecule has 0 aliphatic heterocycles. The third-order valence-electron chi connectivity index (χ3n) is 6.55. The van der Waals surface area contributed by atoms with Crippen molar-refractivity contribution in [2.45, 2.75) is 18.4 Å². The molecule has 0 unspecified atom stereocenters. The minimum absolute atomic E-state index is 0.0446. The highest BCUT2D eigenvalue weighted by atomic mass is 16.2. The van der Waals surface area contributed by atoms with Crippen molar-refractivity contribution < 1.29 is 4.79 Å². The number of hydrogen-bond donors (Lipinski definition) is 2. The highest BCUT2D eigenvalue weighted by Gasteiger charge is 2.56. The topological polar surface area (TPSA) is 79.8 Å². The fraction of sp³-hybridized carbons (Fsp3) is 0.208. The first kappa shape index (κ1) is 17.2. The number of H-pyrrole nitrogens is 1. The predicted octanol–water partition coefficient (Wildman–Crippen LogP) is 3.00. The lowest BCUT2D eigenvalue weighted by Crippen LogP contribution is -2.28. The summed E-state index contributed by atoms with van der Waals surface area (Å²) in [5.41, 5.74) is 6.29. The van der Waals surface area contributed by atoms with Crippen LogP contribution in [0, 0.1) is 5.92 Å². The number of hydrogen-bond acceptors (Lipinski definition) is 3. The van der Waals surface area contributed by atoms with Gasteiger partial charge in [0.1, 0.15) is 0 Å². The SMILES string of the molecule is Cn1c(=O)[nH]c2ncc(-c3cccc(C(=O)N[C@@H]4[C@H]5Cc6ccccc6[C@H]54)c3)cc21. The Morgan fingerprint density at radius 3 is 2.90 bits per heavy atom. The molecule has 6 rings (SSSR count). The van der Waals surface area contributed by atoms with E-state index in [1.54, 1.807) is 13.2 Å². The van der Waals surface area contributed by atoms with Crippen molar-refractivity contribution in [2.24, 2.45) is 13.0 Å². The van der Waals surface area contributed by atoms with Gasteiger partial charge in [-0.2, -0.15) is 0 Å². The van der Waals surface area contributed by atoms with Gasteiger partial charge in [0.05, 0.1) is 5.52 Å². The maximum Gasteiger partial charge on any atom is 0.327 e. The predicted molar refractivity (Wildman–Crippen MR) is 114 cm³/mol. The second-order valence-corrected chi connectivity index (χ2v) is 8.25. The summed E-state index contributed by atoms with van der Waals surface area (Å²) in [6.07, 6.45) is 2.77. The minimum Gasteiger partial charge on any atom is -0.348 e. The van der Waals surface area contributed by atoms with E-state index in [0.717, 1.165) is 23.1 Å². The van der Waals surface area contributed by atoms with E-state index in [1.807, 2.05) is 30.3 Å². The molecule has 1 amide bonds. The normalized spacial score (nSPS) is 21.3. The van der Waals surface area contributed by atoms with Gasteiger partial charge in [-0.05, 0) is 47.2 Å². The molecule has 6 heteroatoms. The number of imidazole rings is 1. The second kappa shape index (κ2) is 6.16. The van der Waals surface area contributed by atoms with E-state index in [-0.39, 0.29) is 17.6 Å². The fourth-order valence-corrected chi connectivity index (χ4v) is 4.88. The molecule has 0 saturated heterocycles. The number of aryl methyl sites for hydroxylation is 1. The molecule has 2 aromatic carbocycles. The molecule has 30 heavy (non-hydrogen) atoms. The molecular weight excluding hydrogens is 376 g/mol. The van der Waals surface area contributed by atoms with Gasteiger partial charge in [0.15, 0.2) is 5.65 Å². The van der Waals surface area contributed by atoms with Crippen molar-refractivity contribution in [3.8, 4) is 11.1 Å². The minimum atomic E-state index is -0.195. The Labute approximate surface area is 172 Å². The summed E-state index contributed by atoms with van der Waals surface area (Å²) in [5, 5.41) is 3.23. The van der Waals surface area contributed by atoms with E-state index >= 15 is 0 Å². The van der Waals surface area contributed by atoms with Crippen molar-refractivity contribution in [2.75, 3.05) is 0 Å². The van der Waals surface area contributed by atoms with Crippen molar-refractivity contribution in [3.05, 3.63) is 88.0 Å². The van der Waals surface area contributed by atoms with Gasteiger partial charge >= 0.3 is 5.69 Å². The highest BCUT2D eigenvalue weighted by Crippen LogP contribution is 2.56. The van der Waals surface area contributed by atoms with Crippen molar-refractivity contribution in [3.63, 3.8) is 0 Å². The molecule has 2 aliphatic carbocycles. The first-order valence-corrected chi connectivity index (χ1v) is 10.1. The van der Waals surface area contributed by atoms with Crippen LogP contribution in [-0.2, 0) is 13.5 Å². The lowest BCUT2D eigenvalue weighted by Gasteiger charge is -2.10. The van der Waals surface area contributed by atoms with E-state index in [2.05, 4.69) is 39.6 Å². The smallest absolute Gasteiger partial charge is 0.327 e. The number of pyridine rings is 1. The number of amides is 1. The van der Waals surface area contributed by atoms with Crippen LogP contribution < -0.4 is 11.0 Å². The number of nitrogens with one attached hydrogen (secondary N) is 2. The Hall–Kier alpha value is -3.67. The summed E-state index contributed by atoms with van der Waals surface area (Å²) >= 11 is 0. The Morgan fingerprint density at radius 1 is 1.13 bits per heavy atom. The van der Waals surface area contributed by atoms with Gasteiger partial charge < -0.3 is 5.32 Å². The van der Waals surface area contributed by atoms with E-state index in [4.69, 9.17) is 0 Å². The maximum absolute atomic E-state index is 12.9. The Bertz CT molecular complexity index is 1380. The molecule has 0 spiro atoms. The monoisotopic (exact) mass is 396 g/mol. The molecule has 4 aromatic rings. The average Bonchev–Trinajstić information content (AvgIpc) is 3.14. The first-order chi connectivity index (χ1) is 14.6. The first-order valence-electron chi connectivity index (χ1n) is 10.1. The molecular formula is C24H20N4O2. The van der Waals surface area contributed by atoms with Crippen molar-refractivity contribution >= 4 is 17.1 Å². The number of benzene rings is 2. The number of carbonyl (C=O) groups excluding carboxylic acids is 1. The van der Waals surface area contributed by atoms with Gasteiger partial charge in [-0.25, -0.2) is 9.78 Å².